The molecule has 4 aromatic carbocycles. The van der Waals surface area contributed by atoms with Crippen LogP contribution in [0.4, 0.5) is 5.69 Å². The van der Waals surface area contributed by atoms with E-state index in [0.29, 0.717) is 5.69 Å². The average molecular weight is 673 g/mol. The van der Waals surface area contributed by atoms with Gasteiger partial charge in [-0.3, -0.25) is 18.8 Å². The van der Waals surface area contributed by atoms with E-state index in [1.165, 1.54) is 0 Å². The van der Waals surface area contributed by atoms with E-state index in [9.17, 15) is 8.42 Å². The molecule has 50 heavy (non-hydrogen) atoms. The number of sulfonamides is 1. The van der Waals surface area contributed by atoms with E-state index < -0.39 is 15.6 Å². The Balaban J connectivity index is 1.41. The minimum atomic E-state index is -3.44. The zero-order chi connectivity index (χ0) is 34.1. The Morgan fingerprint density at radius 1 is 0.620 bits per heavy atom. The third kappa shape index (κ3) is 5.63. The number of fused-ring (bicyclic) bond motifs is 1. The number of aromatic nitrogens is 5. The SMILES string of the molecule is CS(=O)(=O)Nc1ccc(-c2nn(C(c3ccccc3)(c3ccccc3)c3ccccc3)cc2-c2ccc3ncc(-c4ccccn4)n3c2)cc1. The monoisotopic (exact) mass is 672 g/mol. The molecule has 0 aliphatic heterocycles. The number of imidazole rings is 1. The summed E-state index contributed by atoms with van der Waals surface area (Å²) in [5, 5.41) is 5.45. The van der Waals surface area contributed by atoms with E-state index in [-0.39, 0.29) is 0 Å². The summed E-state index contributed by atoms with van der Waals surface area (Å²) in [5.74, 6) is 0. The van der Waals surface area contributed by atoms with Crippen LogP contribution in [0.5, 0.6) is 0 Å². The van der Waals surface area contributed by atoms with Gasteiger partial charge in [-0.25, -0.2) is 13.4 Å². The Bertz CT molecular complexity index is 2420. The summed E-state index contributed by atoms with van der Waals surface area (Å²) in [7, 11) is -3.44. The molecule has 9 heteroatoms. The molecule has 0 aliphatic rings. The van der Waals surface area contributed by atoms with Gasteiger partial charge in [0.15, 0.2) is 0 Å². The summed E-state index contributed by atoms with van der Waals surface area (Å²) in [6.07, 6.45) is 8.95. The number of benzene rings is 4. The van der Waals surface area contributed by atoms with Crippen LogP contribution in [0.1, 0.15) is 16.7 Å². The first-order chi connectivity index (χ1) is 24.4. The molecule has 0 fully saturated rings. The van der Waals surface area contributed by atoms with Gasteiger partial charge >= 0.3 is 0 Å². The van der Waals surface area contributed by atoms with E-state index in [2.05, 4.69) is 115 Å². The summed E-state index contributed by atoms with van der Waals surface area (Å²) < 4.78 is 30.7. The van der Waals surface area contributed by atoms with E-state index in [4.69, 9.17) is 5.10 Å². The second-order valence-electron chi connectivity index (χ2n) is 12.1. The molecular formula is C41H32N6O2S. The van der Waals surface area contributed by atoms with Gasteiger partial charge in [0.1, 0.15) is 16.9 Å². The van der Waals surface area contributed by atoms with Gasteiger partial charge < -0.3 is 0 Å². The van der Waals surface area contributed by atoms with Crippen molar-refractivity contribution in [1.82, 2.24) is 24.1 Å². The summed E-state index contributed by atoms with van der Waals surface area (Å²) in [6.45, 7) is 0. The fourth-order valence-electron chi connectivity index (χ4n) is 6.66. The lowest BCUT2D eigenvalue weighted by Gasteiger charge is -2.36. The third-order valence-corrected chi connectivity index (χ3v) is 9.44. The predicted octanol–water partition coefficient (Wildman–Crippen LogP) is 8.14. The molecule has 0 spiro atoms. The highest BCUT2D eigenvalue weighted by atomic mass is 32.2. The van der Waals surface area contributed by atoms with Crippen LogP contribution >= 0.6 is 0 Å². The fourth-order valence-corrected chi connectivity index (χ4v) is 7.22. The van der Waals surface area contributed by atoms with Gasteiger partial charge in [0.25, 0.3) is 0 Å². The number of anilines is 1. The van der Waals surface area contributed by atoms with E-state index in [1.54, 1.807) is 18.3 Å². The zero-order valence-corrected chi connectivity index (χ0v) is 27.9. The first-order valence-electron chi connectivity index (χ1n) is 16.1. The standard InChI is InChI=1S/C41H32N6O2S/c1-50(48,49)45-35-23-20-30(21-24-35)40-36(31-22-25-39-43-27-38(46(39)28-31)37-19-11-12-26-42-37)29-47(44-40)41(32-13-5-2-6-14-32,33-15-7-3-8-16-33)34-17-9-4-10-18-34/h2-29,45H,1H3. The zero-order valence-electron chi connectivity index (χ0n) is 27.1. The van der Waals surface area contributed by atoms with Gasteiger partial charge in [-0.05, 0) is 53.1 Å². The van der Waals surface area contributed by atoms with Gasteiger partial charge in [-0.1, -0.05) is 109 Å². The Hall–Kier alpha value is -6.32. The molecule has 4 heterocycles. The second kappa shape index (κ2) is 12.6. The van der Waals surface area contributed by atoms with Crippen molar-refractivity contribution in [3.8, 4) is 33.8 Å². The number of hydrogen-bond donors (Lipinski definition) is 1. The van der Waals surface area contributed by atoms with E-state index in [0.717, 1.165) is 62.4 Å². The molecule has 244 valence electrons. The van der Waals surface area contributed by atoms with Crippen LogP contribution in [-0.4, -0.2) is 38.8 Å². The van der Waals surface area contributed by atoms with Crippen molar-refractivity contribution in [2.45, 2.75) is 5.54 Å². The van der Waals surface area contributed by atoms with Crippen molar-refractivity contribution >= 4 is 21.4 Å². The van der Waals surface area contributed by atoms with E-state index in [1.807, 2.05) is 60.8 Å². The van der Waals surface area contributed by atoms with Gasteiger partial charge in [0.05, 0.1) is 23.8 Å². The van der Waals surface area contributed by atoms with Crippen molar-refractivity contribution < 1.29 is 8.42 Å². The Morgan fingerprint density at radius 2 is 1.20 bits per heavy atom. The molecule has 8 nitrogen and oxygen atoms in total. The van der Waals surface area contributed by atoms with Crippen LogP contribution in [0.25, 0.3) is 39.4 Å². The molecule has 0 atom stereocenters. The number of hydrogen-bond acceptors (Lipinski definition) is 5. The highest BCUT2D eigenvalue weighted by Crippen LogP contribution is 2.43. The van der Waals surface area contributed by atoms with Gasteiger partial charge in [0, 0.05) is 41.0 Å². The maximum atomic E-state index is 12.0. The normalized spacial score (nSPS) is 11.9. The maximum Gasteiger partial charge on any atom is 0.229 e. The third-order valence-electron chi connectivity index (χ3n) is 8.84. The number of rotatable bonds is 9. The Kier molecular flexibility index (Phi) is 7.81. The summed E-state index contributed by atoms with van der Waals surface area (Å²) >= 11 is 0. The van der Waals surface area contributed by atoms with Gasteiger partial charge in [-0.15, -0.1) is 0 Å². The molecule has 8 aromatic rings. The molecular weight excluding hydrogens is 641 g/mol. The van der Waals surface area contributed by atoms with Crippen molar-refractivity contribution in [3.05, 3.63) is 187 Å². The molecule has 0 radical (unpaired) electrons. The number of pyridine rings is 2. The summed E-state index contributed by atoms with van der Waals surface area (Å²) in [4.78, 5) is 9.24. The van der Waals surface area contributed by atoms with Crippen LogP contribution in [0.15, 0.2) is 170 Å². The predicted molar refractivity (Wildman–Crippen MR) is 198 cm³/mol. The first kappa shape index (κ1) is 31.0. The largest absolute Gasteiger partial charge is 0.298 e. The fraction of sp³-hybridized carbons (Fsp3) is 0.0488. The molecule has 4 aromatic heterocycles. The highest BCUT2D eigenvalue weighted by molar-refractivity contribution is 7.92. The van der Waals surface area contributed by atoms with Crippen molar-refractivity contribution in [1.29, 1.82) is 0 Å². The molecule has 1 N–H and O–H groups in total. The maximum absolute atomic E-state index is 12.0. The van der Waals surface area contributed by atoms with Crippen molar-refractivity contribution in [2.24, 2.45) is 0 Å². The summed E-state index contributed by atoms with van der Waals surface area (Å²) in [6, 6.07) is 48.5. The molecule has 0 bridgehead atoms. The molecule has 0 unspecified atom stereocenters. The van der Waals surface area contributed by atoms with Gasteiger partial charge in [-0.2, -0.15) is 5.10 Å². The van der Waals surface area contributed by atoms with Crippen LogP contribution in [-0.2, 0) is 15.6 Å². The minimum Gasteiger partial charge on any atom is -0.298 e. The Labute approximate surface area is 290 Å². The van der Waals surface area contributed by atoms with Gasteiger partial charge in [0.2, 0.25) is 10.0 Å². The van der Waals surface area contributed by atoms with Crippen LogP contribution in [0.2, 0.25) is 0 Å². The molecule has 8 rings (SSSR count). The van der Waals surface area contributed by atoms with E-state index >= 15 is 0 Å². The van der Waals surface area contributed by atoms with Crippen LogP contribution < -0.4 is 4.72 Å². The molecule has 0 amide bonds. The quantitative estimate of drug-likeness (QED) is 0.156. The lowest BCUT2D eigenvalue weighted by atomic mass is 9.77. The molecule has 0 aliphatic carbocycles. The number of nitrogens with one attached hydrogen (secondary N) is 1. The summed E-state index contributed by atoms with van der Waals surface area (Å²) in [5.41, 5.74) is 8.66. The van der Waals surface area contributed by atoms with Crippen LogP contribution in [0.3, 0.4) is 0 Å². The average Bonchev–Trinajstić information content (AvgIpc) is 3.79. The molecule has 0 saturated carbocycles. The smallest absolute Gasteiger partial charge is 0.229 e. The van der Waals surface area contributed by atoms with Crippen LogP contribution in [0, 0.1) is 0 Å². The minimum absolute atomic E-state index is 0.476. The lowest BCUT2D eigenvalue weighted by Crippen LogP contribution is -2.38. The highest BCUT2D eigenvalue weighted by Gasteiger charge is 2.40. The van der Waals surface area contributed by atoms with Crippen molar-refractivity contribution in [2.75, 3.05) is 11.0 Å². The topological polar surface area (TPSA) is 94.2 Å². The van der Waals surface area contributed by atoms with Crippen molar-refractivity contribution in [3.63, 3.8) is 0 Å². The molecule has 0 saturated heterocycles. The Morgan fingerprint density at radius 3 is 1.76 bits per heavy atom. The lowest BCUT2D eigenvalue weighted by molar-refractivity contribution is 0.461. The second-order valence-corrected chi connectivity index (χ2v) is 13.8. The number of nitrogens with zero attached hydrogens (tertiary/aromatic N) is 5. The first-order valence-corrected chi connectivity index (χ1v) is 18.0.